The van der Waals surface area contributed by atoms with Crippen molar-refractivity contribution in [3.05, 3.63) is 130 Å². The third-order valence-corrected chi connectivity index (χ3v) is 12.6. The van der Waals surface area contributed by atoms with Crippen LogP contribution in [0.15, 0.2) is 97.1 Å². The van der Waals surface area contributed by atoms with Crippen molar-refractivity contribution in [2.75, 3.05) is 0 Å². The first kappa shape index (κ1) is 36.7. The number of benzene rings is 4. The molecule has 0 saturated carbocycles. The van der Waals surface area contributed by atoms with Crippen LogP contribution in [0.3, 0.4) is 0 Å². The molecule has 4 aromatic carbocycles. The third-order valence-electron chi connectivity index (χ3n) is 12.6. The van der Waals surface area contributed by atoms with Crippen LogP contribution < -0.4 is 0 Å². The largest absolute Gasteiger partial charge is 0.0866 e. The minimum absolute atomic E-state index is 0.0505. The minimum atomic E-state index is -0.173. The van der Waals surface area contributed by atoms with Gasteiger partial charge in [-0.15, -0.1) is 0 Å². The Bertz CT molecular complexity index is 1720. The van der Waals surface area contributed by atoms with Crippen LogP contribution in [0.5, 0.6) is 0 Å². The van der Waals surface area contributed by atoms with Crippen LogP contribution in [-0.2, 0) is 16.2 Å². The predicted octanol–water partition coefficient (Wildman–Crippen LogP) is 13.9. The van der Waals surface area contributed by atoms with E-state index in [2.05, 4.69) is 164 Å². The van der Waals surface area contributed by atoms with Gasteiger partial charge in [-0.1, -0.05) is 184 Å². The van der Waals surface area contributed by atoms with E-state index in [-0.39, 0.29) is 16.2 Å². The summed E-state index contributed by atoms with van der Waals surface area (Å²) in [7, 11) is 0. The zero-order valence-corrected chi connectivity index (χ0v) is 32.0. The van der Waals surface area contributed by atoms with Crippen LogP contribution in [0.1, 0.15) is 159 Å². The fourth-order valence-corrected chi connectivity index (χ4v) is 8.77. The molecule has 0 amide bonds. The normalized spacial score (nSPS) is 18.7. The van der Waals surface area contributed by atoms with Crippen molar-refractivity contribution in [2.45, 2.75) is 142 Å². The van der Waals surface area contributed by atoms with Crippen molar-refractivity contribution in [3.63, 3.8) is 0 Å². The highest BCUT2D eigenvalue weighted by Crippen LogP contribution is 2.56. The molecule has 1 aliphatic rings. The van der Waals surface area contributed by atoms with Crippen molar-refractivity contribution in [1.29, 1.82) is 0 Å². The van der Waals surface area contributed by atoms with Gasteiger partial charge < -0.3 is 0 Å². The summed E-state index contributed by atoms with van der Waals surface area (Å²) in [6.45, 7) is 19.2. The molecule has 5 atom stereocenters. The summed E-state index contributed by atoms with van der Waals surface area (Å²) < 4.78 is 0. The van der Waals surface area contributed by atoms with Gasteiger partial charge in [-0.3, -0.25) is 0 Å². The van der Waals surface area contributed by atoms with E-state index in [0.29, 0.717) is 11.8 Å². The van der Waals surface area contributed by atoms with Gasteiger partial charge in [0.15, 0.2) is 0 Å². The minimum Gasteiger partial charge on any atom is -0.0866 e. The molecule has 0 N–H and O–H groups in total. The molecule has 258 valence electrons. The summed E-state index contributed by atoms with van der Waals surface area (Å²) in [6, 6.07) is 36.6. The van der Waals surface area contributed by atoms with E-state index in [0.717, 1.165) is 24.8 Å². The quantitative estimate of drug-likeness (QED) is 0.0887. The average molecular weight is 651 g/mol. The maximum Gasteiger partial charge on any atom is 0.0535 e. The van der Waals surface area contributed by atoms with Gasteiger partial charge in [0.2, 0.25) is 0 Å². The zero-order chi connectivity index (χ0) is 35.1. The highest BCUT2D eigenvalue weighted by molar-refractivity contribution is 5.82. The summed E-state index contributed by atoms with van der Waals surface area (Å²) in [4.78, 5) is 0. The smallest absolute Gasteiger partial charge is 0.0535 e. The summed E-state index contributed by atoms with van der Waals surface area (Å²) in [6.07, 6.45) is 12.3. The Morgan fingerprint density at radius 2 is 1.31 bits per heavy atom. The molecule has 0 radical (unpaired) electrons. The van der Waals surface area contributed by atoms with Crippen LogP contribution in [0.4, 0.5) is 0 Å². The molecule has 1 aliphatic carbocycles. The molecule has 0 fully saturated rings. The Labute approximate surface area is 300 Å². The molecule has 5 unspecified atom stereocenters. The Morgan fingerprint density at radius 3 is 1.94 bits per heavy atom. The predicted molar refractivity (Wildman–Crippen MR) is 214 cm³/mol. The summed E-state index contributed by atoms with van der Waals surface area (Å²) in [5.74, 6) is 8.50. The van der Waals surface area contributed by atoms with Gasteiger partial charge in [-0.2, -0.15) is 0 Å². The van der Waals surface area contributed by atoms with Gasteiger partial charge in [-0.25, -0.2) is 0 Å². The summed E-state index contributed by atoms with van der Waals surface area (Å²) >= 11 is 0. The molecule has 0 saturated heterocycles. The van der Waals surface area contributed by atoms with Crippen molar-refractivity contribution in [2.24, 2.45) is 5.92 Å². The lowest BCUT2D eigenvalue weighted by atomic mass is 9.65. The van der Waals surface area contributed by atoms with Crippen molar-refractivity contribution < 1.29 is 0 Å². The van der Waals surface area contributed by atoms with Gasteiger partial charge in [0.1, 0.15) is 0 Å². The van der Waals surface area contributed by atoms with Crippen molar-refractivity contribution in [1.82, 2.24) is 0 Å². The second-order valence-electron chi connectivity index (χ2n) is 15.8. The first-order valence-corrected chi connectivity index (χ1v) is 19.6. The molecular formula is C49H62. The molecule has 0 spiro atoms. The molecule has 0 bridgehead atoms. The molecule has 0 aliphatic heterocycles. The SMILES string of the molecule is CCCCCCCC(CC)C1(C)c2cc(C#CC(C)(CC)c3ccccc3)ccc2-c2ccc(C(C)(CC)CC(C)c3ccccc3)cc21. The van der Waals surface area contributed by atoms with Gasteiger partial charge in [0.05, 0.1) is 5.41 Å². The van der Waals surface area contributed by atoms with Crippen LogP contribution in [0.2, 0.25) is 0 Å². The van der Waals surface area contributed by atoms with E-state index in [1.807, 2.05) is 0 Å². The summed E-state index contributed by atoms with van der Waals surface area (Å²) in [5, 5.41) is 0. The topological polar surface area (TPSA) is 0 Å². The van der Waals surface area contributed by atoms with E-state index in [4.69, 9.17) is 0 Å². The fourth-order valence-electron chi connectivity index (χ4n) is 8.77. The lowest BCUT2D eigenvalue weighted by Gasteiger charge is -2.38. The third kappa shape index (κ3) is 7.63. The van der Waals surface area contributed by atoms with Crippen LogP contribution in [-0.4, -0.2) is 0 Å². The molecule has 5 rings (SSSR count). The van der Waals surface area contributed by atoms with E-state index in [1.165, 1.54) is 78.3 Å². The van der Waals surface area contributed by atoms with Crippen molar-refractivity contribution >= 4 is 0 Å². The average Bonchev–Trinajstić information content (AvgIpc) is 3.40. The Hall–Kier alpha value is -3.56. The number of hydrogen-bond donors (Lipinski definition) is 0. The molecule has 4 aromatic rings. The lowest BCUT2D eigenvalue weighted by molar-refractivity contribution is 0.307. The summed E-state index contributed by atoms with van der Waals surface area (Å²) in [5.41, 5.74) is 11.1. The van der Waals surface area contributed by atoms with Gasteiger partial charge in [-0.05, 0) is 101 Å². The highest BCUT2D eigenvalue weighted by Gasteiger charge is 2.45. The second-order valence-corrected chi connectivity index (χ2v) is 15.8. The van der Waals surface area contributed by atoms with E-state index < -0.39 is 0 Å². The van der Waals surface area contributed by atoms with Gasteiger partial charge in [0, 0.05) is 11.0 Å². The van der Waals surface area contributed by atoms with Crippen LogP contribution >= 0.6 is 0 Å². The van der Waals surface area contributed by atoms with Gasteiger partial charge >= 0.3 is 0 Å². The second kappa shape index (κ2) is 16.0. The number of unbranched alkanes of at least 4 members (excludes halogenated alkanes) is 4. The Balaban J connectivity index is 1.57. The Kier molecular flexibility index (Phi) is 12.0. The number of rotatable bonds is 15. The molecule has 0 heteroatoms. The maximum atomic E-state index is 3.73. The van der Waals surface area contributed by atoms with E-state index in [1.54, 1.807) is 5.56 Å². The molecule has 0 nitrogen and oxygen atoms in total. The van der Waals surface area contributed by atoms with E-state index >= 15 is 0 Å². The molecule has 49 heavy (non-hydrogen) atoms. The van der Waals surface area contributed by atoms with Crippen LogP contribution in [0.25, 0.3) is 11.1 Å². The van der Waals surface area contributed by atoms with E-state index in [9.17, 15) is 0 Å². The standard InChI is InChI=1S/C49H62/c1-9-13-14-15-20-25-40(10-2)49(8)45-34-38(32-33-47(6,11-3)41-26-21-17-22-27-41)28-30-43(45)44-31-29-42(35-46(44)49)48(7,12-4)36-37(5)39-23-18-16-19-24-39/h16-19,21-24,26-31,34-35,37,40H,9-15,20,25,36H2,1-8H3. The van der Waals surface area contributed by atoms with Crippen molar-refractivity contribution in [3.8, 4) is 23.0 Å². The lowest BCUT2D eigenvalue weighted by Crippen LogP contribution is -2.32. The fraction of sp³-hybridized carbons (Fsp3) is 0.469. The number of hydrogen-bond acceptors (Lipinski definition) is 0. The first-order valence-electron chi connectivity index (χ1n) is 19.6. The molecule has 0 aromatic heterocycles. The first-order chi connectivity index (χ1) is 23.6. The van der Waals surface area contributed by atoms with Crippen LogP contribution in [0, 0.1) is 17.8 Å². The number of fused-ring (bicyclic) bond motifs is 3. The maximum absolute atomic E-state index is 3.73. The van der Waals surface area contributed by atoms with Gasteiger partial charge in [0.25, 0.3) is 0 Å². The molecular weight excluding hydrogens is 589 g/mol. The monoisotopic (exact) mass is 650 g/mol. The Morgan fingerprint density at radius 1 is 0.673 bits per heavy atom. The zero-order valence-electron chi connectivity index (χ0n) is 32.0. The highest BCUT2D eigenvalue weighted by atomic mass is 14.5. The molecule has 0 heterocycles.